The fraction of sp³-hybridized carbons (Fsp3) is 0.600. The monoisotopic (exact) mass is 489 g/mol. The van der Waals surface area contributed by atoms with Gasteiger partial charge in [0.25, 0.3) is 0 Å². The fourth-order valence-electron chi connectivity index (χ4n) is 2.51. The van der Waals surface area contributed by atoms with Gasteiger partial charge in [-0.3, -0.25) is 4.79 Å². The van der Waals surface area contributed by atoms with Gasteiger partial charge in [0.05, 0.1) is 13.1 Å². The van der Waals surface area contributed by atoms with Gasteiger partial charge in [0, 0.05) is 18.8 Å². The molecule has 1 rings (SSSR count). The van der Waals surface area contributed by atoms with Gasteiger partial charge in [0.1, 0.15) is 0 Å². The molecule has 0 aliphatic rings. The number of guanidine groups is 1. The maximum Gasteiger partial charge on any atom is 0.238 e. The molecule has 1 amide bonds. The van der Waals surface area contributed by atoms with E-state index < -0.39 is 0 Å². The van der Waals surface area contributed by atoms with E-state index in [-0.39, 0.29) is 29.9 Å². The van der Waals surface area contributed by atoms with Crippen molar-refractivity contribution < 1.29 is 4.79 Å². The van der Waals surface area contributed by atoms with E-state index in [9.17, 15) is 4.79 Å². The second-order valence-corrected chi connectivity index (χ2v) is 6.67. The minimum absolute atomic E-state index is 0. The van der Waals surface area contributed by atoms with Gasteiger partial charge in [-0.15, -0.1) is 24.0 Å². The Morgan fingerprint density at radius 1 is 1.11 bits per heavy atom. The molecule has 1 aromatic rings. The van der Waals surface area contributed by atoms with E-state index in [4.69, 9.17) is 0 Å². The number of benzene rings is 1. The quantitative estimate of drug-likeness (QED) is 0.193. The van der Waals surface area contributed by atoms with E-state index in [0.717, 1.165) is 36.7 Å². The Morgan fingerprint density at radius 2 is 1.89 bits per heavy atom. The van der Waals surface area contributed by atoms with Gasteiger partial charge >= 0.3 is 0 Å². The number of halogens is 1. The fourth-order valence-corrected chi connectivity index (χ4v) is 2.51. The molecule has 7 heteroatoms. The zero-order chi connectivity index (χ0) is 19.2. The van der Waals surface area contributed by atoms with E-state index in [2.05, 4.69) is 34.8 Å². The molecule has 3 N–H and O–H groups in total. The Kier molecular flexibility index (Phi) is 14.9. The number of nitrogens with zero attached hydrogens (tertiary/aromatic N) is 2. The molecule has 0 aliphatic heterocycles. The summed E-state index contributed by atoms with van der Waals surface area (Å²) < 4.78 is 0. The number of hydrogen-bond acceptors (Lipinski definition) is 3. The summed E-state index contributed by atoms with van der Waals surface area (Å²) in [6.45, 7) is 7.00. The number of likely N-dealkylation sites (N-methyl/N-ethyl adjacent to an activating group) is 1. The first-order valence-corrected chi connectivity index (χ1v) is 9.60. The summed E-state index contributed by atoms with van der Waals surface area (Å²) >= 11 is 0. The molecule has 154 valence electrons. The average molecular weight is 489 g/mol. The lowest BCUT2D eigenvalue weighted by atomic mass is 10.2. The van der Waals surface area contributed by atoms with Crippen LogP contribution >= 0.6 is 24.0 Å². The Bertz CT molecular complexity index is 563. The van der Waals surface area contributed by atoms with E-state index in [1.165, 1.54) is 19.3 Å². The zero-order valence-electron chi connectivity index (χ0n) is 17.2. The molecule has 0 unspecified atom stereocenters. The summed E-state index contributed by atoms with van der Waals surface area (Å²) in [5.74, 6) is 0.823. The highest BCUT2D eigenvalue weighted by atomic mass is 127. The van der Waals surface area contributed by atoms with Gasteiger partial charge in [-0.05, 0) is 45.1 Å². The number of hydrogen-bond donors (Lipinski definition) is 3. The molecule has 0 atom stereocenters. The van der Waals surface area contributed by atoms with Crippen LogP contribution in [0.1, 0.15) is 45.1 Å². The van der Waals surface area contributed by atoms with Gasteiger partial charge in [-0.2, -0.15) is 0 Å². The van der Waals surface area contributed by atoms with Gasteiger partial charge < -0.3 is 20.9 Å². The summed E-state index contributed by atoms with van der Waals surface area (Å²) in [6, 6.07) is 7.84. The Morgan fingerprint density at radius 3 is 2.56 bits per heavy atom. The molecular weight excluding hydrogens is 453 g/mol. The highest BCUT2D eigenvalue weighted by molar-refractivity contribution is 14.0. The van der Waals surface area contributed by atoms with E-state index in [1.54, 1.807) is 0 Å². The first kappa shape index (κ1) is 25.6. The maximum atomic E-state index is 11.9. The lowest BCUT2D eigenvalue weighted by molar-refractivity contribution is -0.116. The number of amides is 1. The summed E-state index contributed by atoms with van der Waals surface area (Å²) in [7, 11) is 3.75. The van der Waals surface area contributed by atoms with Crippen LogP contribution in [0.3, 0.4) is 0 Å². The van der Waals surface area contributed by atoms with Crippen LogP contribution in [-0.2, 0) is 11.3 Å². The normalized spacial score (nSPS) is 11.1. The molecule has 1 aromatic carbocycles. The summed E-state index contributed by atoms with van der Waals surface area (Å²) in [5.41, 5.74) is 1.87. The molecule has 0 saturated heterocycles. The number of aliphatic imine (C=N–C) groups is 1. The van der Waals surface area contributed by atoms with Crippen molar-refractivity contribution in [2.75, 3.05) is 39.0 Å². The van der Waals surface area contributed by atoms with Crippen LogP contribution in [0.4, 0.5) is 5.69 Å². The highest BCUT2D eigenvalue weighted by Crippen LogP contribution is 2.11. The SMILES string of the molecule is CCCCCCNC(=NCc1cccc(NC(=O)CN(C)C)c1)NCC.I. The number of anilines is 1. The van der Waals surface area contributed by atoms with Crippen LogP contribution in [-0.4, -0.2) is 50.5 Å². The van der Waals surface area contributed by atoms with Crippen LogP contribution in [0.5, 0.6) is 0 Å². The average Bonchev–Trinajstić information content (AvgIpc) is 2.59. The minimum Gasteiger partial charge on any atom is -0.357 e. The molecule has 6 nitrogen and oxygen atoms in total. The largest absolute Gasteiger partial charge is 0.357 e. The Hall–Kier alpha value is -1.35. The molecule has 0 spiro atoms. The smallest absolute Gasteiger partial charge is 0.238 e. The van der Waals surface area contributed by atoms with Crippen molar-refractivity contribution in [3.8, 4) is 0 Å². The molecule has 0 aromatic heterocycles. The highest BCUT2D eigenvalue weighted by Gasteiger charge is 2.04. The van der Waals surface area contributed by atoms with Crippen molar-refractivity contribution >= 4 is 41.5 Å². The van der Waals surface area contributed by atoms with Crippen molar-refractivity contribution in [2.45, 2.75) is 46.1 Å². The number of carbonyl (C=O) groups is 1. The third-order valence-corrected chi connectivity index (χ3v) is 3.76. The van der Waals surface area contributed by atoms with Crippen LogP contribution in [0.15, 0.2) is 29.3 Å². The number of rotatable bonds is 11. The lowest BCUT2D eigenvalue weighted by Gasteiger charge is -2.12. The van der Waals surface area contributed by atoms with Gasteiger partial charge in [-0.1, -0.05) is 38.3 Å². The number of unbranched alkanes of at least 4 members (excludes halogenated alkanes) is 3. The van der Waals surface area contributed by atoms with Gasteiger partial charge in [0.2, 0.25) is 5.91 Å². The standard InChI is InChI=1S/C20H35N5O.HI/c1-5-7-8-9-13-22-20(21-6-2)23-15-17-11-10-12-18(14-17)24-19(26)16-25(3)4;/h10-12,14H,5-9,13,15-16H2,1-4H3,(H,24,26)(H2,21,22,23);1H. The van der Waals surface area contributed by atoms with E-state index >= 15 is 0 Å². The molecule has 0 saturated carbocycles. The Labute approximate surface area is 181 Å². The predicted molar refractivity (Wildman–Crippen MR) is 126 cm³/mol. The van der Waals surface area contributed by atoms with Crippen LogP contribution in [0.25, 0.3) is 0 Å². The lowest BCUT2D eigenvalue weighted by Crippen LogP contribution is -2.37. The van der Waals surface area contributed by atoms with Crippen molar-refractivity contribution in [1.29, 1.82) is 0 Å². The first-order valence-electron chi connectivity index (χ1n) is 9.60. The molecule has 0 heterocycles. The number of nitrogens with one attached hydrogen (secondary N) is 3. The number of carbonyl (C=O) groups excluding carboxylic acids is 1. The summed E-state index contributed by atoms with van der Waals surface area (Å²) in [5, 5.41) is 9.58. The molecular formula is C20H36IN5O. The van der Waals surface area contributed by atoms with Crippen LogP contribution in [0.2, 0.25) is 0 Å². The third-order valence-electron chi connectivity index (χ3n) is 3.76. The van der Waals surface area contributed by atoms with Gasteiger partial charge in [-0.25, -0.2) is 4.99 Å². The third kappa shape index (κ3) is 12.6. The topological polar surface area (TPSA) is 68.8 Å². The van der Waals surface area contributed by atoms with Crippen molar-refractivity contribution in [2.24, 2.45) is 4.99 Å². The van der Waals surface area contributed by atoms with Gasteiger partial charge in [0.15, 0.2) is 5.96 Å². The van der Waals surface area contributed by atoms with Crippen molar-refractivity contribution in [3.63, 3.8) is 0 Å². The first-order chi connectivity index (χ1) is 12.5. The van der Waals surface area contributed by atoms with Crippen molar-refractivity contribution in [3.05, 3.63) is 29.8 Å². The molecule has 27 heavy (non-hydrogen) atoms. The molecule has 0 bridgehead atoms. The molecule has 0 aliphatic carbocycles. The van der Waals surface area contributed by atoms with Crippen molar-refractivity contribution in [1.82, 2.24) is 15.5 Å². The zero-order valence-corrected chi connectivity index (χ0v) is 19.5. The van der Waals surface area contributed by atoms with E-state index in [0.29, 0.717) is 13.1 Å². The Balaban J connectivity index is 0.00000676. The summed E-state index contributed by atoms with van der Waals surface area (Å²) in [6.07, 6.45) is 4.93. The predicted octanol–water partition coefficient (Wildman–Crippen LogP) is 3.44. The summed E-state index contributed by atoms with van der Waals surface area (Å²) in [4.78, 5) is 18.4. The maximum absolute atomic E-state index is 11.9. The minimum atomic E-state index is -0.0160. The second-order valence-electron chi connectivity index (χ2n) is 6.67. The second kappa shape index (κ2) is 15.7. The molecule has 0 radical (unpaired) electrons. The van der Waals surface area contributed by atoms with Crippen LogP contribution < -0.4 is 16.0 Å². The van der Waals surface area contributed by atoms with Crippen LogP contribution in [0, 0.1) is 0 Å². The van der Waals surface area contributed by atoms with E-state index in [1.807, 2.05) is 43.3 Å². The molecule has 0 fully saturated rings.